The molecule has 0 bridgehead atoms. The van der Waals surface area contributed by atoms with Crippen LogP contribution in [0.15, 0.2) is 60.7 Å². The maximum Gasteiger partial charge on any atom is 0.251 e. The quantitative estimate of drug-likeness (QED) is 0.188. The molecule has 0 spiro atoms. The Labute approximate surface area is 242 Å². The molecule has 0 aliphatic heterocycles. The Kier molecular flexibility index (Phi) is 12.2. The average Bonchev–Trinajstić information content (AvgIpc) is 2.94. The Morgan fingerprint density at radius 3 is 2.22 bits per heavy atom. The van der Waals surface area contributed by atoms with Gasteiger partial charge in [-0.3, -0.25) is 9.59 Å². The summed E-state index contributed by atoms with van der Waals surface area (Å²) in [7, 11) is 0. The van der Waals surface area contributed by atoms with Gasteiger partial charge in [0, 0.05) is 36.2 Å². The highest BCUT2D eigenvalue weighted by atomic mass is 19.1. The number of carbonyl (C=O) groups is 2. The SMILES string of the molecule is CCCC(CC)C(=O)c1cc(C)cc(C(=O)N[C@@H](Cc2cc(F)cc(F)c2)[C@@H](O)CNCc2cccc(CC)c2)c1. The van der Waals surface area contributed by atoms with Crippen molar-refractivity contribution in [3.8, 4) is 0 Å². The largest absolute Gasteiger partial charge is 0.390 e. The lowest BCUT2D eigenvalue weighted by molar-refractivity contribution is 0.0829. The van der Waals surface area contributed by atoms with Gasteiger partial charge in [-0.05, 0) is 85.2 Å². The number of amides is 1. The van der Waals surface area contributed by atoms with Crippen molar-refractivity contribution in [2.75, 3.05) is 6.54 Å². The van der Waals surface area contributed by atoms with E-state index in [0.717, 1.165) is 42.9 Å². The van der Waals surface area contributed by atoms with Crippen LogP contribution in [-0.4, -0.2) is 35.5 Å². The summed E-state index contributed by atoms with van der Waals surface area (Å²) < 4.78 is 27.9. The zero-order valence-corrected chi connectivity index (χ0v) is 24.5. The molecule has 0 saturated carbocycles. The van der Waals surface area contributed by atoms with Crippen molar-refractivity contribution in [1.29, 1.82) is 0 Å². The molecule has 3 rings (SSSR count). The molecule has 0 radical (unpaired) electrons. The molecule has 1 amide bonds. The zero-order chi connectivity index (χ0) is 29.9. The van der Waals surface area contributed by atoms with Gasteiger partial charge in [0.2, 0.25) is 0 Å². The van der Waals surface area contributed by atoms with Gasteiger partial charge < -0.3 is 15.7 Å². The highest BCUT2D eigenvalue weighted by Gasteiger charge is 2.25. The second kappa shape index (κ2) is 15.5. The van der Waals surface area contributed by atoms with Crippen LogP contribution in [0.2, 0.25) is 0 Å². The summed E-state index contributed by atoms with van der Waals surface area (Å²) in [6, 6.07) is 15.5. The lowest BCUT2D eigenvalue weighted by Gasteiger charge is -2.25. The topological polar surface area (TPSA) is 78.4 Å². The monoisotopic (exact) mass is 564 g/mol. The lowest BCUT2D eigenvalue weighted by Crippen LogP contribution is -2.48. The number of hydrogen-bond donors (Lipinski definition) is 3. The van der Waals surface area contributed by atoms with Gasteiger partial charge in [-0.25, -0.2) is 8.78 Å². The van der Waals surface area contributed by atoms with Crippen LogP contribution in [0.5, 0.6) is 0 Å². The van der Waals surface area contributed by atoms with Crippen LogP contribution in [0.3, 0.4) is 0 Å². The lowest BCUT2D eigenvalue weighted by atomic mass is 9.90. The molecule has 5 nitrogen and oxygen atoms in total. The molecule has 3 aromatic rings. The van der Waals surface area contributed by atoms with Crippen LogP contribution in [0.1, 0.15) is 83.0 Å². The molecule has 0 aliphatic rings. The van der Waals surface area contributed by atoms with Crippen LogP contribution >= 0.6 is 0 Å². The molecule has 3 atom stereocenters. The molecule has 0 fully saturated rings. The van der Waals surface area contributed by atoms with E-state index in [0.29, 0.717) is 23.2 Å². The number of ketones is 1. The fourth-order valence-corrected chi connectivity index (χ4v) is 5.15. The normalized spacial score (nSPS) is 13.4. The van der Waals surface area contributed by atoms with E-state index < -0.39 is 29.7 Å². The van der Waals surface area contributed by atoms with Crippen LogP contribution in [0, 0.1) is 24.5 Å². The van der Waals surface area contributed by atoms with E-state index in [-0.39, 0.29) is 24.7 Å². The number of halogens is 2. The smallest absolute Gasteiger partial charge is 0.251 e. The number of carbonyl (C=O) groups excluding carboxylic acids is 2. The minimum atomic E-state index is -1.06. The second-order valence-corrected chi connectivity index (χ2v) is 10.8. The van der Waals surface area contributed by atoms with E-state index in [1.165, 1.54) is 17.7 Å². The molecule has 220 valence electrons. The van der Waals surface area contributed by atoms with Gasteiger partial charge in [0.05, 0.1) is 12.1 Å². The first kappa shape index (κ1) is 32.1. The average molecular weight is 565 g/mol. The number of rotatable bonds is 15. The van der Waals surface area contributed by atoms with Crippen LogP contribution in [0.4, 0.5) is 8.78 Å². The molecule has 1 unspecified atom stereocenters. The fraction of sp³-hybridized carbons (Fsp3) is 0.412. The number of aliphatic hydroxyl groups is 1. The summed E-state index contributed by atoms with van der Waals surface area (Å²) in [4.78, 5) is 26.6. The Hall–Kier alpha value is -3.42. The van der Waals surface area contributed by atoms with Gasteiger partial charge >= 0.3 is 0 Å². The molecule has 0 aromatic heterocycles. The Morgan fingerprint density at radius 1 is 0.878 bits per heavy atom. The van der Waals surface area contributed by atoms with Crippen LogP contribution in [-0.2, 0) is 19.4 Å². The molecule has 7 heteroatoms. The van der Waals surface area contributed by atoms with Gasteiger partial charge in [-0.2, -0.15) is 0 Å². The predicted octanol–water partition coefficient (Wildman–Crippen LogP) is 6.34. The van der Waals surface area contributed by atoms with Crippen LogP contribution in [0.25, 0.3) is 0 Å². The summed E-state index contributed by atoms with van der Waals surface area (Å²) in [5.41, 5.74) is 4.14. The maximum atomic E-state index is 13.9. The van der Waals surface area contributed by atoms with Gasteiger partial charge in [-0.15, -0.1) is 0 Å². The second-order valence-electron chi connectivity index (χ2n) is 10.8. The summed E-state index contributed by atoms with van der Waals surface area (Å²) in [6.07, 6.45) is 2.26. The van der Waals surface area contributed by atoms with Gasteiger partial charge in [0.25, 0.3) is 5.91 Å². The Morgan fingerprint density at radius 2 is 1.56 bits per heavy atom. The number of benzene rings is 3. The summed E-state index contributed by atoms with van der Waals surface area (Å²) >= 11 is 0. The van der Waals surface area contributed by atoms with Crippen LogP contribution < -0.4 is 10.6 Å². The van der Waals surface area contributed by atoms with Gasteiger partial charge in [-0.1, -0.05) is 51.5 Å². The molecular formula is C34H42F2N2O3. The van der Waals surface area contributed by atoms with E-state index in [2.05, 4.69) is 29.7 Å². The van der Waals surface area contributed by atoms with E-state index in [1.54, 1.807) is 18.2 Å². The number of hydrogen-bond acceptors (Lipinski definition) is 4. The Balaban J connectivity index is 1.80. The van der Waals surface area contributed by atoms with Gasteiger partial charge in [0.1, 0.15) is 11.6 Å². The van der Waals surface area contributed by atoms with Crippen molar-refractivity contribution in [3.05, 3.63) is 106 Å². The first-order valence-electron chi connectivity index (χ1n) is 14.5. The van der Waals surface area contributed by atoms with E-state index in [9.17, 15) is 23.5 Å². The van der Waals surface area contributed by atoms with Crippen molar-refractivity contribution in [2.45, 2.75) is 78.5 Å². The van der Waals surface area contributed by atoms with Crippen molar-refractivity contribution in [2.24, 2.45) is 5.92 Å². The van der Waals surface area contributed by atoms with Crippen molar-refractivity contribution < 1.29 is 23.5 Å². The van der Waals surface area contributed by atoms with Crippen molar-refractivity contribution in [3.63, 3.8) is 0 Å². The zero-order valence-electron chi connectivity index (χ0n) is 24.5. The number of Topliss-reactive ketones (excluding diaryl/α,β-unsaturated/α-hetero) is 1. The van der Waals surface area contributed by atoms with Crippen molar-refractivity contribution in [1.82, 2.24) is 10.6 Å². The van der Waals surface area contributed by atoms with Gasteiger partial charge in [0.15, 0.2) is 5.78 Å². The van der Waals surface area contributed by atoms with E-state index in [4.69, 9.17) is 0 Å². The maximum absolute atomic E-state index is 13.9. The fourth-order valence-electron chi connectivity index (χ4n) is 5.15. The standard InChI is InChI=1S/C34H42F2N2O3/c1-5-9-26(7-3)33(40)27-12-22(4)13-28(18-27)34(41)38-31(17-25-15-29(35)19-30(36)16-25)32(39)21-37-20-24-11-8-10-23(6-2)14-24/h8,10-16,18-19,26,31-32,37,39H,5-7,9,17,20-21H2,1-4H3,(H,38,41)/t26?,31-,32-/m0/s1. The number of nitrogens with one attached hydrogen (secondary N) is 2. The third kappa shape index (κ3) is 9.58. The molecule has 41 heavy (non-hydrogen) atoms. The minimum absolute atomic E-state index is 0.00950. The minimum Gasteiger partial charge on any atom is -0.390 e. The molecule has 3 aromatic carbocycles. The summed E-state index contributed by atoms with van der Waals surface area (Å²) in [5.74, 6) is -2.03. The molecule has 3 N–H and O–H groups in total. The molecule has 0 aliphatic carbocycles. The van der Waals surface area contributed by atoms with E-state index in [1.807, 2.05) is 32.9 Å². The molecule has 0 saturated heterocycles. The number of aryl methyl sites for hydroxylation is 2. The van der Waals surface area contributed by atoms with E-state index >= 15 is 0 Å². The predicted molar refractivity (Wildman–Crippen MR) is 159 cm³/mol. The number of aliphatic hydroxyl groups excluding tert-OH is 1. The molecular weight excluding hydrogens is 522 g/mol. The third-order valence-electron chi connectivity index (χ3n) is 7.37. The highest BCUT2D eigenvalue weighted by Crippen LogP contribution is 2.21. The highest BCUT2D eigenvalue weighted by molar-refractivity contribution is 6.02. The molecule has 0 heterocycles. The van der Waals surface area contributed by atoms with Crippen molar-refractivity contribution >= 4 is 11.7 Å². The first-order chi connectivity index (χ1) is 19.6. The Bertz CT molecular complexity index is 1310. The summed E-state index contributed by atoms with van der Waals surface area (Å²) in [6.45, 7) is 8.59. The third-order valence-corrected chi connectivity index (χ3v) is 7.37. The summed E-state index contributed by atoms with van der Waals surface area (Å²) in [5, 5.41) is 17.2. The first-order valence-corrected chi connectivity index (χ1v) is 14.5.